The molecule has 0 aliphatic carbocycles. The number of ether oxygens (including phenoxy) is 3. The van der Waals surface area contributed by atoms with E-state index in [0.29, 0.717) is 5.69 Å². The van der Waals surface area contributed by atoms with Gasteiger partial charge in [-0.2, -0.15) is 0 Å². The highest BCUT2D eigenvalue weighted by Gasteiger charge is 2.53. The molecule has 44 heavy (non-hydrogen) atoms. The third-order valence-electron chi connectivity index (χ3n) is 7.57. The summed E-state index contributed by atoms with van der Waals surface area (Å²) in [5, 5.41) is 23.4. The van der Waals surface area contributed by atoms with Gasteiger partial charge in [0, 0.05) is 16.8 Å². The minimum Gasteiger partial charge on any atom is -0.387 e. The van der Waals surface area contributed by atoms with Crippen LogP contribution in [0.25, 0.3) is 21.5 Å². The number of aliphatic hydroxyl groups excluding tert-OH is 1. The summed E-state index contributed by atoms with van der Waals surface area (Å²) in [4.78, 5) is 18.0. The maximum Gasteiger partial charge on any atom is 0.256 e. The van der Waals surface area contributed by atoms with Crippen LogP contribution in [0.4, 0.5) is 18.9 Å². The van der Waals surface area contributed by atoms with Crippen LogP contribution in [-0.4, -0.2) is 62.0 Å². The fraction of sp³-hybridized carbons (Fsp3) is 0.267. The summed E-state index contributed by atoms with van der Waals surface area (Å²) >= 11 is 1.48. The van der Waals surface area contributed by atoms with Crippen molar-refractivity contribution in [3.63, 3.8) is 0 Å². The molecule has 2 saturated heterocycles. The summed E-state index contributed by atoms with van der Waals surface area (Å²) in [6, 6.07) is 15.0. The monoisotopic (exact) mass is 623 g/mol. The lowest BCUT2D eigenvalue weighted by atomic mass is 9.91. The second kappa shape index (κ2) is 11.4. The molecule has 2 aromatic heterocycles. The summed E-state index contributed by atoms with van der Waals surface area (Å²) < 4.78 is 62.0. The standard InChI is InChI=1S/C30H24F3N5O5S/c1-14-34-20-8-7-17(11-23(20)44-14)35-29(40)28-26(39)25(27-22(42-28)13-41-30(43-27)15-5-3-2-4-6-15)38-12-21(36-37-38)16-9-18(31)24(33)19(32)10-16/h2-12,22,25-28,30,39H,13H2,1H3,(H,35,40)/t22-,25-,26-,27+,28-,30+/m1/s1. The van der Waals surface area contributed by atoms with Crippen molar-refractivity contribution < 1.29 is 37.3 Å². The van der Waals surface area contributed by atoms with Gasteiger partial charge in [-0.25, -0.2) is 22.8 Å². The zero-order valence-electron chi connectivity index (χ0n) is 22.9. The third-order valence-corrected chi connectivity index (χ3v) is 8.50. The minimum absolute atomic E-state index is 0.0128. The molecule has 3 aromatic carbocycles. The fourth-order valence-corrected chi connectivity index (χ4v) is 6.37. The Hall–Kier alpha value is -4.21. The van der Waals surface area contributed by atoms with Crippen molar-refractivity contribution in [2.45, 2.75) is 43.7 Å². The van der Waals surface area contributed by atoms with Crippen LogP contribution in [-0.2, 0) is 19.0 Å². The third kappa shape index (κ3) is 5.24. The van der Waals surface area contributed by atoms with E-state index in [0.717, 1.165) is 32.9 Å². The van der Waals surface area contributed by atoms with Gasteiger partial charge in [0.2, 0.25) is 0 Å². The first kappa shape index (κ1) is 28.6. The van der Waals surface area contributed by atoms with Crippen molar-refractivity contribution in [1.82, 2.24) is 20.0 Å². The highest BCUT2D eigenvalue weighted by Crippen LogP contribution is 2.40. The molecule has 6 atom stereocenters. The molecular formula is C30H24F3N5O5S. The summed E-state index contributed by atoms with van der Waals surface area (Å²) in [6.45, 7) is 1.92. The quantitative estimate of drug-likeness (QED) is 0.271. The molecular weight excluding hydrogens is 599 g/mol. The van der Waals surface area contributed by atoms with Gasteiger partial charge in [-0.15, -0.1) is 16.4 Å². The van der Waals surface area contributed by atoms with Gasteiger partial charge in [0.05, 0.1) is 28.0 Å². The molecule has 2 fully saturated rings. The van der Waals surface area contributed by atoms with Crippen LogP contribution < -0.4 is 5.32 Å². The van der Waals surface area contributed by atoms with Crippen molar-refractivity contribution in [2.24, 2.45) is 0 Å². The maximum absolute atomic E-state index is 14.0. The number of amides is 1. The van der Waals surface area contributed by atoms with E-state index < -0.39 is 60.1 Å². The highest BCUT2D eigenvalue weighted by molar-refractivity contribution is 7.18. The number of hydrogen-bond acceptors (Lipinski definition) is 9. The molecule has 0 unspecified atom stereocenters. The lowest BCUT2D eigenvalue weighted by Gasteiger charge is -2.47. The minimum atomic E-state index is -1.61. The number of rotatable bonds is 5. The SMILES string of the molecule is Cc1nc2ccc(NC(=O)[C@@H]3O[C@@H]4CO[C@H](c5ccccc5)O[C@@H]4[C@H](n4cc(-c5cc(F)c(F)c(F)c5)nn4)[C@H]3O)cc2s1. The van der Waals surface area contributed by atoms with E-state index in [2.05, 4.69) is 20.6 Å². The van der Waals surface area contributed by atoms with Crippen LogP contribution in [0.5, 0.6) is 0 Å². The average Bonchev–Trinajstić information content (AvgIpc) is 3.65. The molecule has 4 heterocycles. The number of aryl methyl sites for hydroxylation is 1. The van der Waals surface area contributed by atoms with Gasteiger partial charge in [-0.3, -0.25) is 4.79 Å². The van der Waals surface area contributed by atoms with Crippen molar-refractivity contribution in [2.75, 3.05) is 11.9 Å². The van der Waals surface area contributed by atoms with E-state index in [1.165, 1.54) is 22.2 Å². The van der Waals surface area contributed by atoms with Crippen LogP contribution in [0.1, 0.15) is 22.9 Å². The zero-order chi connectivity index (χ0) is 30.5. The molecule has 7 rings (SSSR count). The molecule has 14 heteroatoms. The Morgan fingerprint density at radius 3 is 2.61 bits per heavy atom. The number of aromatic nitrogens is 4. The number of halogens is 3. The Morgan fingerprint density at radius 1 is 1.07 bits per heavy atom. The van der Waals surface area contributed by atoms with Gasteiger partial charge in [0.25, 0.3) is 5.91 Å². The normalized spacial score (nSPS) is 25.1. The predicted molar refractivity (Wildman–Crippen MR) is 152 cm³/mol. The molecule has 2 aliphatic heterocycles. The molecule has 0 spiro atoms. The number of hydrogen-bond donors (Lipinski definition) is 2. The Labute approximate surface area is 252 Å². The molecule has 5 aromatic rings. The second-order valence-corrected chi connectivity index (χ2v) is 11.7. The molecule has 2 N–H and O–H groups in total. The van der Waals surface area contributed by atoms with Crippen molar-refractivity contribution in [3.05, 3.63) is 94.9 Å². The Morgan fingerprint density at radius 2 is 1.84 bits per heavy atom. The van der Waals surface area contributed by atoms with Crippen molar-refractivity contribution in [3.8, 4) is 11.3 Å². The Balaban J connectivity index is 1.21. The molecule has 0 saturated carbocycles. The van der Waals surface area contributed by atoms with E-state index in [1.54, 1.807) is 18.2 Å². The number of nitrogens with one attached hydrogen (secondary N) is 1. The number of carbonyl (C=O) groups is 1. The van der Waals surface area contributed by atoms with Crippen LogP contribution in [0.15, 0.2) is 66.9 Å². The highest BCUT2D eigenvalue weighted by atomic mass is 32.1. The molecule has 1 amide bonds. The first-order valence-corrected chi connectivity index (χ1v) is 14.5. The molecule has 10 nitrogen and oxygen atoms in total. The van der Waals surface area contributed by atoms with Gasteiger partial charge in [-0.05, 0) is 37.3 Å². The number of carbonyl (C=O) groups excluding carboxylic acids is 1. The number of fused-ring (bicyclic) bond motifs is 2. The van der Waals surface area contributed by atoms with Gasteiger partial charge >= 0.3 is 0 Å². The summed E-state index contributed by atoms with van der Waals surface area (Å²) in [7, 11) is 0. The van der Waals surface area contributed by atoms with E-state index in [9.17, 15) is 23.1 Å². The first-order chi connectivity index (χ1) is 21.2. The van der Waals surface area contributed by atoms with Crippen LogP contribution in [0, 0.1) is 24.4 Å². The van der Waals surface area contributed by atoms with E-state index in [4.69, 9.17) is 14.2 Å². The van der Waals surface area contributed by atoms with E-state index in [-0.39, 0.29) is 17.9 Å². The van der Waals surface area contributed by atoms with Crippen molar-refractivity contribution in [1.29, 1.82) is 0 Å². The summed E-state index contributed by atoms with van der Waals surface area (Å²) in [5.74, 6) is -5.00. The number of aliphatic hydroxyl groups is 1. The number of thiazole rings is 1. The second-order valence-electron chi connectivity index (χ2n) is 10.5. The number of nitrogens with zero attached hydrogens (tertiary/aromatic N) is 4. The van der Waals surface area contributed by atoms with E-state index in [1.807, 2.05) is 37.3 Å². The summed E-state index contributed by atoms with van der Waals surface area (Å²) in [6.07, 6.45) is -4.03. The van der Waals surface area contributed by atoms with Crippen molar-refractivity contribution >= 4 is 33.1 Å². The molecule has 226 valence electrons. The van der Waals surface area contributed by atoms with Gasteiger partial charge in [-0.1, -0.05) is 35.5 Å². The van der Waals surface area contributed by atoms with E-state index >= 15 is 0 Å². The van der Waals surface area contributed by atoms with Gasteiger partial charge < -0.3 is 24.6 Å². The number of benzene rings is 3. The fourth-order valence-electron chi connectivity index (χ4n) is 5.50. The Kier molecular flexibility index (Phi) is 7.38. The average molecular weight is 624 g/mol. The predicted octanol–water partition coefficient (Wildman–Crippen LogP) is 4.70. The Bertz CT molecular complexity index is 1830. The first-order valence-electron chi connectivity index (χ1n) is 13.7. The molecule has 2 aliphatic rings. The molecule has 0 bridgehead atoms. The smallest absolute Gasteiger partial charge is 0.256 e. The summed E-state index contributed by atoms with van der Waals surface area (Å²) in [5.41, 5.74) is 1.96. The zero-order valence-corrected chi connectivity index (χ0v) is 23.7. The maximum atomic E-state index is 14.0. The van der Waals surface area contributed by atoms with Gasteiger partial charge in [0.15, 0.2) is 29.8 Å². The topological polar surface area (TPSA) is 121 Å². The lowest BCUT2D eigenvalue weighted by Crippen LogP contribution is -2.61. The molecule has 0 radical (unpaired) electrons. The van der Waals surface area contributed by atoms with Crippen LogP contribution in [0.2, 0.25) is 0 Å². The van der Waals surface area contributed by atoms with Gasteiger partial charge in [0.1, 0.15) is 30.0 Å². The van der Waals surface area contributed by atoms with Crippen LogP contribution >= 0.6 is 11.3 Å². The largest absolute Gasteiger partial charge is 0.387 e. The van der Waals surface area contributed by atoms with Crippen LogP contribution in [0.3, 0.4) is 0 Å². The number of anilines is 1. The lowest BCUT2D eigenvalue weighted by molar-refractivity contribution is -0.312.